The first-order chi connectivity index (χ1) is 7.20. The fourth-order valence-corrected chi connectivity index (χ4v) is 1.60. The minimum Gasteiger partial charge on any atom is -0.481 e. The number of rotatable bonds is 6. The van der Waals surface area contributed by atoms with Crippen LogP contribution in [0.2, 0.25) is 0 Å². The van der Waals surface area contributed by atoms with Crippen LogP contribution < -0.4 is 5.32 Å². The number of carbonyl (C=O) groups excluding carboxylic acids is 1. The molecule has 1 atom stereocenters. The van der Waals surface area contributed by atoms with Crippen LogP contribution in [0.4, 0.5) is 0 Å². The summed E-state index contributed by atoms with van der Waals surface area (Å²) in [6, 6.07) is 0. The lowest BCUT2D eigenvalue weighted by molar-refractivity contribution is -0.147. The first-order valence-corrected chi connectivity index (χ1v) is 5.34. The topological polar surface area (TPSA) is 69.6 Å². The number of carboxylic acids is 1. The molecule has 1 amide bonds. The molecule has 0 aromatic heterocycles. The number of carboxylic acid groups (broad SMARTS) is 1. The van der Waals surface area contributed by atoms with Gasteiger partial charge in [-0.15, -0.1) is 0 Å². The SMILES string of the molecule is CNC(=O)C(C)CN(C)CC(C)(C)C(=O)O. The zero-order chi connectivity index (χ0) is 12.9. The van der Waals surface area contributed by atoms with Gasteiger partial charge in [-0.3, -0.25) is 9.59 Å². The molecule has 1 unspecified atom stereocenters. The third kappa shape index (κ3) is 4.61. The van der Waals surface area contributed by atoms with Gasteiger partial charge in [0.25, 0.3) is 0 Å². The maximum absolute atomic E-state index is 11.3. The van der Waals surface area contributed by atoms with E-state index in [4.69, 9.17) is 5.11 Å². The van der Waals surface area contributed by atoms with E-state index in [-0.39, 0.29) is 11.8 Å². The maximum atomic E-state index is 11.3. The highest BCUT2D eigenvalue weighted by Gasteiger charge is 2.29. The van der Waals surface area contributed by atoms with Crippen LogP contribution >= 0.6 is 0 Å². The van der Waals surface area contributed by atoms with Gasteiger partial charge in [0.05, 0.1) is 5.41 Å². The highest BCUT2D eigenvalue weighted by molar-refractivity contribution is 5.78. The number of hydrogen-bond donors (Lipinski definition) is 2. The van der Waals surface area contributed by atoms with Crippen LogP contribution in [0.3, 0.4) is 0 Å². The minimum absolute atomic E-state index is 0.0278. The summed E-state index contributed by atoms with van der Waals surface area (Å²) in [6.07, 6.45) is 0. The third-order valence-electron chi connectivity index (χ3n) is 2.52. The molecule has 5 nitrogen and oxygen atoms in total. The summed E-state index contributed by atoms with van der Waals surface area (Å²) < 4.78 is 0. The van der Waals surface area contributed by atoms with E-state index >= 15 is 0 Å². The lowest BCUT2D eigenvalue weighted by Gasteiger charge is -2.28. The first kappa shape index (κ1) is 14.9. The van der Waals surface area contributed by atoms with Gasteiger partial charge in [0.2, 0.25) is 5.91 Å². The molecule has 0 fully saturated rings. The average molecular weight is 230 g/mol. The predicted octanol–water partition coefficient (Wildman–Crippen LogP) is 0.411. The lowest BCUT2D eigenvalue weighted by atomic mass is 9.93. The zero-order valence-electron chi connectivity index (χ0n) is 10.7. The monoisotopic (exact) mass is 230 g/mol. The summed E-state index contributed by atoms with van der Waals surface area (Å²) in [6.45, 7) is 6.15. The summed E-state index contributed by atoms with van der Waals surface area (Å²) >= 11 is 0. The Bertz CT molecular complexity index is 264. The lowest BCUT2D eigenvalue weighted by Crippen LogP contribution is -2.41. The summed E-state index contributed by atoms with van der Waals surface area (Å²) in [5, 5.41) is 11.5. The van der Waals surface area contributed by atoms with Crippen molar-refractivity contribution in [2.45, 2.75) is 20.8 Å². The molecule has 0 rings (SSSR count). The first-order valence-electron chi connectivity index (χ1n) is 5.34. The fourth-order valence-electron chi connectivity index (χ4n) is 1.60. The van der Waals surface area contributed by atoms with E-state index in [1.54, 1.807) is 20.9 Å². The molecule has 2 N–H and O–H groups in total. The molecule has 0 saturated carbocycles. The molecule has 0 aromatic carbocycles. The van der Waals surface area contributed by atoms with Crippen LogP contribution in [0.5, 0.6) is 0 Å². The molecule has 0 spiro atoms. The number of nitrogens with one attached hydrogen (secondary N) is 1. The molecule has 0 aromatic rings. The van der Waals surface area contributed by atoms with E-state index in [2.05, 4.69) is 5.32 Å². The third-order valence-corrected chi connectivity index (χ3v) is 2.52. The van der Waals surface area contributed by atoms with Crippen LogP contribution in [0.1, 0.15) is 20.8 Å². The molecule has 0 radical (unpaired) electrons. The standard InChI is InChI=1S/C11H22N2O3/c1-8(9(14)12-4)6-13(5)7-11(2,3)10(15)16/h8H,6-7H2,1-5H3,(H,12,14)(H,15,16). The smallest absolute Gasteiger partial charge is 0.310 e. The average Bonchev–Trinajstić information content (AvgIpc) is 2.14. The Kier molecular flexibility index (Phi) is 5.44. The van der Waals surface area contributed by atoms with E-state index in [9.17, 15) is 9.59 Å². The number of nitrogens with zero attached hydrogens (tertiary/aromatic N) is 1. The minimum atomic E-state index is -0.827. The van der Waals surface area contributed by atoms with Crippen LogP contribution in [-0.2, 0) is 9.59 Å². The molecular weight excluding hydrogens is 208 g/mol. The van der Waals surface area contributed by atoms with Gasteiger partial charge >= 0.3 is 5.97 Å². The van der Waals surface area contributed by atoms with E-state index in [0.717, 1.165) is 0 Å². The van der Waals surface area contributed by atoms with E-state index in [1.807, 2.05) is 18.9 Å². The summed E-state index contributed by atoms with van der Waals surface area (Å²) in [5.74, 6) is -0.994. The van der Waals surface area contributed by atoms with Crippen molar-refractivity contribution >= 4 is 11.9 Å². The van der Waals surface area contributed by atoms with Gasteiger partial charge in [-0.05, 0) is 20.9 Å². The fraction of sp³-hybridized carbons (Fsp3) is 0.818. The second-order valence-electron chi connectivity index (χ2n) is 4.90. The number of aliphatic carboxylic acids is 1. The Morgan fingerprint density at radius 2 is 1.94 bits per heavy atom. The number of amides is 1. The van der Waals surface area contributed by atoms with Crippen molar-refractivity contribution in [3.63, 3.8) is 0 Å². The van der Waals surface area contributed by atoms with Crippen molar-refractivity contribution in [2.75, 3.05) is 27.2 Å². The quantitative estimate of drug-likeness (QED) is 0.693. The molecule has 0 aliphatic heterocycles. The van der Waals surface area contributed by atoms with Gasteiger partial charge in [-0.1, -0.05) is 6.92 Å². The van der Waals surface area contributed by atoms with Crippen LogP contribution in [0, 0.1) is 11.3 Å². The van der Waals surface area contributed by atoms with Gasteiger partial charge in [0.15, 0.2) is 0 Å². The molecule has 0 saturated heterocycles. The summed E-state index contributed by atoms with van der Waals surface area (Å²) in [7, 11) is 3.42. The molecular formula is C11H22N2O3. The van der Waals surface area contributed by atoms with Crippen LogP contribution in [0.15, 0.2) is 0 Å². The van der Waals surface area contributed by atoms with E-state index in [1.165, 1.54) is 0 Å². The van der Waals surface area contributed by atoms with Crippen LogP contribution in [-0.4, -0.2) is 49.1 Å². The zero-order valence-corrected chi connectivity index (χ0v) is 10.7. The van der Waals surface area contributed by atoms with Crippen molar-refractivity contribution in [2.24, 2.45) is 11.3 Å². The van der Waals surface area contributed by atoms with Gasteiger partial charge in [0, 0.05) is 26.1 Å². The van der Waals surface area contributed by atoms with Crippen molar-refractivity contribution in [1.29, 1.82) is 0 Å². The maximum Gasteiger partial charge on any atom is 0.310 e. The van der Waals surface area contributed by atoms with Crippen molar-refractivity contribution < 1.29 is 14.7 Å². The Morgan fingerprint density at radius 1 is 1.44 bits per heavy atom. The highest BCUT2D eigenvalue weighted by Crippen LogP contribution is 2.16. The second-order valence-corrected chi connectivity index (χ2v) is 4.90. The van der Waals surface area contributed by atoms with Crippen molar-refractivity contribution in [3.05, 3.63) is 0 Å². The van der Waals surface area contributed by atoms with Gasteiger partial charge < -0.3 is 15.3 Å². The van der Waals surface area contributed by atoms with Crippen molar-refractivity contribution in [1.82, 2.24) is 10.2 Å². The Balaban J connectivity index is 4.23. The molecule has 0 heterocycles. The Hall–Kier alpha value is -1.10. The number of carbonyl (C=O) groups is 2. The van der Waals surface area contributed by atoms with Gasteiger partial charge in [0.1, 0.15) is 0 Å². The number of hydrogen-bond acceptors (Lipinski definition) is 3. The largest absolute Gasteiger partial charge is 0.481 e. The molecule has 0 aliphatic carbocycles. The van der Waals surface area contributed by atoms with Crippen molar-refractivity contribution in [3.8, 4) is 0 Å². The Morgan fingerprint density at radius 3 is 2.31 bits per heavy atom. The molecule has 16 heavy (non-hydrogen) atoms. The predicted molar refractivity (Wildman–Crippen MR) is 62.1 cm³/mol. The molecule has 0 bridgehead atoms. The summed E-state index contributed by atoms with van der Waals surface area (Å²) in [4.78, 5) is 24.1. The summed E-state index contributed by atoms with van der Waals surface area (Å²) in [5.41, 5.74) is -0.794. The molecule has 0 aliphatic rings. The highest BCUT2D eigenvalue weighted by atomic mass is 16.4. The van der Waals surface area contributed by atoms with Crippen LogP contribution in [0.25, 0.3) is 0 Å². The van der Waals surface area contributed by atoms with Gasteiger partial charge in [-0.2, -0.15) is 0 Å². The Labute approximate surface area is 96.8 Å². The molecule has 5 heteroatoms. The van der Waals surface area contributed by atoms with E-state index in [0.29, 0.717) is 13.1 Å². The molecule has 94 valence electrons. The van der Waals surface area contributed by atoms with Gasteiger partial charge in [-0.25, -0.2) is 0 Å². The second kappa shape index (κ2) is 5.84. The van der Waals surface area contributed by atoms with E-state index < -0.39 is 11.4 Å². The normalized spacial score (nSPS) is 13.6.